The third-order valence-electron chi connectivity index (χ3n) is 1.46. The Kier molecular flexibility index (Phi) is 2.93. The zero-order valence-corrected chi connectivity index (χ0v) is 6.95. The van der Waals surface area contributed by atoms with Gasteiger partial charge in [-0.1, -0.05) is 12.0 Å². The SMILES string of the molecule is C#CCNC(=O)c1cccc(O)c1. The van der Waals surface area contributed by atoms with Crippen molar-refractivity contribution >= 4 is 5.91 Å². The predicted molar refractivity (Wildman–Crippen MR) is 49.3 cm³/mol. The third kappa shape index (κ3) is 2.53. The van der Waals surface area contributed by atoms with Gasteiger partial charge in [0, 0.05) is 5.56 Å². The highest BCUT2D eigenvalue weighted by Gasteiger charge is 2.03. The van der Waals surface area contributed by atoms with Crippen LogP contribution < -0.4 is 5.32 Å². The molecule has 3 nitrogen and oxygen atoms in total. The molecule has 1 aromatic carbocycles. The average molecular weight is 175 g/mol. The molecule has 0 atom stereocenters. The summed E-state index contributed by atoms with van der Waals surface area (Å²) in [5.41, 5.74) is 0.398. The first-order valence-corrected chi connectivity index (χ1v) is 3.74. The minimum atomic E-state index is -0.283. The van der Waals surface area contributed by atoms with E-state index >= 15 is 0 Å². The number of phenols is 1. The number of terminal acetylenes is 1. The molecule has 0 aliphatic carbocycles. The molecule has 0 saturated carbocycles. The lowest BCUT2D eigenvalue weighted by Gasteiger charge is -2.01. The highest BCUT2D eigenvalue weighted by atomic mass is 16.3. The lowest BCUT2D eigenvalue weighted by Crippen LogP contribution is -2.23. The fraction of sp³-hybridized carbons (Fsp3) is 0.100. The van der Waals surface area contributed by atoms with E-state index in [2.05, 4.69) is 11.2 Å². The first kappa shape index (κ1) is 9.14. The Labute approximate surface area is 76.4 Å². The molecular formula is C10H9NO2. The van der Waals surface area contributed by atoms with E-state index < -0.39 is 0 Å². The number of rotatable bonds is 2. The fourth-order valence-electron chi connectivity index (χ4n) is 0.881. The Bertz CT molecular complexity index is 352. The van der Waals surface area contributed by atoms with Crippen molar-refractivity contribution in [2.45, 2.75) is 0 Å². The molecular weight excluding hydrogens is 166 g/mol. The first-order chi connectivity index (χ1) is 6.24. The van der Waals surface area contributed by atoms with Crippen molar-refractivity contribution in [3.8, 4) is 18.1 Å². The van der Waals surface area contributed by atoms with Crippen molar-refractivity contribution in [3.63, 3.8) is 0 Å². The summed E-state index contributed by atoms with van der Waals surface area (Å²) in [5.74, 6) is 2.07. The van der Waals surface area contributed by atoms with Gasteiger partial charge in [-0.15, -0.1) is 6.42 Å². The van der Waals surface area contributed by atoms with Crippen LogP contribution in [0.15, 0.2) is 24.3 Å². The fourth-order valence-corrected chi connectivity index (χ4v) is 0.881. The smallest absolute Gasteiger partial charge is 0.252 e. The van der Waals surface area contributed by atoms with Gasteiger partial charge in [-0.2, -0.15) is 0 Å². The van der Waals surface area contributed by atoms with Gasteiger partial charge < -0.3 is 10.4 Å². The van der Waals surface area contributed by atoms with E-state index in [1.807, 2.05) is 0 Å². The molecule has 1 rings (SSSR count). The molecule has 0 saturated heterocycles. The number of hydrogen-bond acceptors (Lipinski definition) is 2. The van der Waals surface area contributed by atoms with Gasteiger partial charge in [0.05, 0.1) is 6.54 Å². The lowest BCUT2D eigenvalue weighted by atomic mass is 10.2. The number of phenolic OH excluding ortho intramolecular Hbond substituents is 1. The second-order valence-electron chi connectivity index (χ2n) is 2.44. The second kappa shape index (κ2) is 4.17. The summed E-state index contributed by atoms with van der Waals surface area (Å²) in [7, 11) is 0. The van der Waals surface area contributed by atoms with Crippen molar-refractivity contribution in [2.75, 3.05) is 6.54 Å². The molecule has 13 heavy (non-hydrogen) atoms. The number of hydrogen-bond donors (Lipinski definition) is 2. The van der Waals surface area contributed by atoms with Crippen molar-refractivity contribution in [1.29, 1.82) is 0 Å². The van der Waals surface area contributed by atoms with E-state index in [0.29, 0.717) is 5.56 Å². The van der Waals surface area contributed by atoms with Crippen LogP contribution in [0.1, 0.15) is 10.4 Å². The van der Waals surface area contributed by atoms with Gasteiger partial charge in [-0.05, 0) is 18.2 Å². The molecule has 0 aromatic heterocycles. The molecule has 0 bridgehead atoms. The number of aromatic hydroxyl groups is 1. The van der Waals surface area contributed by atoms with Crippen LogP contribution in [0.25, 0.3) is 0 Å². The van der Waals surface area contributed by atoms with Crippen LogP contribution in [-0.4, -0.2) is 17.6 Å². The molecule has 0 radical (unpaired) electrons. The van der Waals surface area contributed by atoms with Gasteiger partial charge in [-0.3, -0.25) is 4.79 Å². The quantitative estimate of drug-likeness (QED) is 0.652. The number of benzene rings is 1. The minimum Gasteiger partial charge on any atom is -0.508 e. The van der Waals surface area contributed by atoms with E-state index in [-0.39, 0.29) is 18.2 Å². The first-order valence-electron chi connectivity index (χ1n) is 3.74. The topological polar surface area (TPSA) is 49.3 Å². The van der Waals surface area contributed by atoms with Gasteiger partial charge in [0.2, 0.25) is 0 Å². The number of nitrogens with one attached hydrogen (secondary N) is 1. The molecule has 0 heterocycles. The van der Waals surface area contributed by atoms with Gasteiger partial charge >= 0.3 is 0 Å². The zero-order valence-electron chi connectivity index (χ0n) is 6.95. The van der Waals surface area contributed by atoms with Crippen molar-refractivity contribution in [3.05, 3.63) is 29.8 Å². The normalized spacial score (nSPS) is 8.85. The summed E-state index contributed by atoms with van der Waals surface area (Å²) < 4.78 is 0. The van der Waals surface area contributed by atoms with E-state index in [9.17, 15) is 4.79 Å². The van der Waals surface area contributed by atoms with Crippen LogP contribution in [-0.2, 0) is 0 Å². The molecule has 1 aromatic rings. The Morgan fingerprint density at radius 2 is 2.38 bits per heavy atom. The van der Waals surface area contributed by atoms with Crippen LogP contribution in [0, 0.1) is 12.3 Å². The average Bonchev–Trinajstić information content (AvgIpc) is 2.14. The molecule has 0 aliphatic heterocycles. The van der Waals surface area contributed by atoms with Gasteiger partial charge in [-0.25, -0.2) is 0 Å². The Balaban J connectivity index is 2.72. The van der Waals surface area contributed by atoms with Gasteiger partial charge in [0.15, 0.2) is 0 Å². The summed E-state index contributed by atoms with van der Waals surface area (Å²) in [6, 6.07) is 6.08. The summed E-state index contributed by atoms with van der Waals surface area (Å²) in [5, 5.41) is 11.6. The summed E-state index contributed by atoms with van der Waals surface area (Å²) in [6.07, 6.45) is 4.97. The van der Waals surface area contributed by atoms with Gasteiger partial charge in [0.1, 0.15) is 5.75 Å². The van der Waals surface area contributed by atoms with Crippen molar-refractivity contribution in [2.24, 2.45) is 0 Å². The Morgan fingerprint density at radius 3 is 3.00 bits per heavy atom. The maximum Gasteiger partial charge on any atom is 0.252 e. The molecule has 66 valence electrons. The van der Waals surface area contributed by atoms with Crippen LogP contribution in [0.3, 0.4) is 0 Å². The lowest BCUT2D eigenvalue weighted by molar-refractivity contribution is 0.0958. The van der Waals surface area contributed by atoms with E-state index in [4.69, 9.17) is 11.5 Å². The van der Waals surface area contributed by atoms with E-state index in [1.165, 1.54) is 12.1 Å². The standard InChI is InChI=1S/C10H9NO2/c1-2-6-11-10(13)8-4-3-5-9(12)7-8/h1,3-5,7,12H,6H2,(H,11,13). The van der Waals surface area contributed by atoms with E-state index in [1.54, 1.807) is 12.1 Å². The van der Waals surface area contributed by atoms with Crippen molar-refractivity contribution < 1.29 is 9.90 Å². The van der Waals surface area contributed by atoms with E-state index in [0.717, 1.165) is 0 Å². The largest absolute Gasteiger partial charge is 0.508 e. The Morgan fingerprint density at radius 1 is 1.62 bits per heavy atom. The van der Waals surface area contributed by atoms with Crippen LogP contribution >= 0.6 is 0 Å². The number of carbonyl (C=O) groups excluding carboxylic acids is 1. The number of carbonyl (C=O) groups is 1. The maximum atomic E-state index is 11.2. The molecule has 0 fully saturated rings. The minimum absolute atomic E-state index is 0.0633. The highest BCUT2D eigenvalue weighted by molar-refractivity contribution is 5.94. The number of amides is 1. The monoisotopic (exact) mass is 175 g/mol. The molecule has 2 N–H and O–H groups in total. The summed E-state index contributed by atoms with van der Waals surface area (Å²) >= 11 is 0. The zero-order chi connectivity index (χ0) is 9.68. The summed E-state index contributed by atoms with van der Waals surface area (Å²) in [6.45, 7) is 0.189. The van der Waals surface area contributed by atoms with Crippen LogP contribution in [0.5, 0.6) is 5.75 Å². The van der Waals surface area contributed by atoms with Crippen molar-refractivity contribution in [1.82, 2.24) is 5.32 Å². The summed E-state index contributed by atoms with van der Waals surface area (Å²) in [4.78, 5) is 11.2. The molecule has 0 aliphatic rings. The van der Waals surface area contributed by atoms with Gasteiger partial charge in [0.25, 0.3) is 5.91 Å². The van der Waals surface area contributed by atoms with Crippen LogP contribution in [0.4, 0.5) is 0 Å². The highest BCUT2D eigenvalue weighted by Crippen LogP contribution is 2.10. The third-order valence-corrected chi connectivity index (χ3v) is 1.46. The van der Waals surface area contributed by atoms with Crippen LogP contribution in [0.2, 0.25) is 0 Å². The molecule has 0 unspecified atom stereocenters. The molecule has 3 heteroatoms. The molecule has 0 spiro atoms. The second-order valence-corrected chi connectivity index (χ2v) is 2.44. The maximum absolute atomic E-state index is 11.2. The molecule has 1 amide bonds. The Hall–Kier alpha value is -1.95. The predicted octanol–water partition coefficient (Wildman–Crippen LogP) is 0.755.